The van der Waals surface area contributed by atoms with Crippen LogP contribution in [0.1, 0.15) is 34.3 Å². The van der Waals surface area contributed by atoms with Crippen molar-refractivity contribution < 1.29 is 14.3 Å². The van der Waals surface area contributed by atoms with Crippen LogP contribution in [0.25, 0.3) is 5.70 Å². The number of fused-ring (bicyclic) bond motifs is 2. The predicted molar refractivity (Wildman–Crippen MR) is 103 cm³/mol. The Morgan fingerprint density at radius 1 is 1.08 bits per heavy atom. The van der Waals surface area contributed by atoms with Gasteiger partial charge >= 0.3 is 5.97 Å². The highest BCUT2D eigenvalue weighted by Gasteiger charge is 2.46. The number of nitrogens with zero attached hydrogens (tertiary/aromatic N) is 1. The molecule has 0 amide bonds. The van der Waals surface area contributed by atoms with Crippen LogP contribution < -0.4 is 0 Å². The molecule has 2 aromatic carbocycles. The summed E-state index contributed by atoms with van der Waals surface area (Å²) in [6.45, 7) is 1.82. The van der Waals surface area contributed by atoms with Gasteiger partial charge in [0.1, 0.15) is 5.92 Å². The number of benzene rings is 2. The van der Waals surface area contributed by atoms with Crippen LogP contribution >= 0.6 is 15.9 Å². The lowest BCUT2D eigenvalue weighted by molar-refractivity contribution is -0.143. The number of carbonyl (C=O) groups excluding carboxylic acids is 2. The number of Topliss-reactive ketones (excluding diaryl/α,β-unsaturated/α-hetero) is 1. The van der Waals surface area contributed by atoms with Gasteiger partial charge in [0.2, 0.25) is 0 Å². The summed E-state index contributed by atoms with van der Waals surface area (Å²) >= 11 is 3.58. The zero-order chi connectivity index (χ0) is 18.4. The van der Waals surface area contributed by atoms with E-state index in [1.54, 1.807) is 0 Å². The minimum atomic E-state index is -0.629. The molecule has 4 nitrogen and oxygen atoms in total. The molecule has 1 aliphatic heterocycles. The van der Waals surface area contributed by atoms with Crippen molar-refractivity contribution in [1.29, 1.82) is 0 Å². The van der Waals surface area contributed by atoms with Crippen molar-refractivity contribution >= 4 is 39.1 Å². The number of carbonyl (C=O) groups is 2. The van der Waals surface area contributed by atoms with E-state index in [0.717, 1.165) is 15.6 Å². The number of allylic oxidation sites excluding steroid dienone is 1. The minimum absolute atomic E-state index is 0.0680. The van der Waals surface area contributed by atoms with Crippen LogP contribution in [0.3, 0.4) is 0 Å². The lowest BCUT2D eigenvalue weighted by Crippen LogP contribution is -2.34. The van der Waals surface area contributed by atoms with Gasteiger partial charge in [-0.05, 0) is 18.6 Å². The molecule has 0 aromatic heterocycles. The number of aliphatic imine (C=N–C) groups is 1. The van der Waals surface area contributed by atoms with Gasteiger partial charge in [0.15, 0.2) is 5.78 Å². The maximum atomic E-state index is 13.2. The van der Waals surface area contributed by atoms with Crippen molar-refractivity contribution in [3.8, 4) is 0 Å². The third-order valence-electron chi connectivity index (χ3n) is 5.00. The van der Waals surface area contributed by atoms with E-state index in [4.69, 9.17) is 4.74 Å². The predicted octanol–water partition coefficient (Wildman–Crippen LogP) is 4.40. The molecule has 5 heteroatoms. The van der Waals surface area contributed by atoms with E-state index in [2.05, 4.69) is 20.9 Å². The molecule has 0 spiro atoms. The van der Waals surface area contributed by atoms with Gasteiger partial charge in [-0.3, -0.25) is 14.6 Å². The minimum Gasteiger partial charge on any atom is -0.468 e. The van der Waals surface area contributed by atoms with E-state index < -0.39 is 11.8 Å². The maximum absolute atomic E-state index is 13.2. The Balaban J connectivity index is 1.99. The van der Waals surface area contributed by atoms with E-state index in [-0.39, 0.29) is 11.8 Å². The first-order valence-electron chi connectivity index (χ1n) is 8.30. The number of halogens is 1. The van der Waals surface area contributed by atoms with Gasteiger partial charge in [-0.2, -0.15) is 0 Å². The third kappa shape index (κ3) is 2.38. The Morgan fingerprint density at radius 2 is 1.73 bits per heavy atom. The molecule has 2 aromatic rings. The third-order valence-corrected chi connectivity index (χ3v) is 5.73. The van der Waals surface area contributed by atoms with E-state index in [9.17, 15) is 9.59 Å². The fourth-order valence-corrected chi connectivity index (χ4v) is 4.38. The molecule has 26 heavy (non-hydrogen) atoms. The number of rotatable bonds is 2. The fraction of sp³-hybridized carbons (Fsp3) is 0.190. The van der Waals surface area contributed by atoms with Crippen LogP contribution in [0.2, 0.25) is 0 Å². The molecule has 1 aliphatic carbocycles. The molecule has 4 rings (SSSR count). The van der Waals surface area contributed by atoms with Crippen LogP contribution in [-0.2, 0) is 9.53 Å². The van der Waals surface area contributed by atoms with Crippen LogP contribution in [0.5, 0.6) is 0 Å². The van der Waals surface area contributed by atoms with Gasteiger partial charge in [-0.15, -0.1) is 0 Å². The Kier molecular flexibility index (Phi) is 4.11. The van der Waals surface area contributed by atoms with Crippen molar-refractivity contribution in [2.24, 2.45) is 10.9 Å². The van der Waals surface area contributed by atoms with E-state index >= 15 is 0 Å². The molecule has 1 unspecified atom stereocenters. The van der Waals surface area contributed by atoms with Crippen molar-refractivity contribution in [2.45, 2.75) is 12.8 Å². The van der Waals surface area contributed by atoms with Crippen molar-refractivity contribution in [2.75, 3.05) is 7.11 Å². The summed E-state index contributed by atoms with van der Waals surface area (Å²) in [4.78, 5) is 30.4. The second kappa shape index (κ2) is 6.32. The lowest BCUT2D eigenvalue weighted by Gasteiger charge is -2.30. The Hall–Kier alpha value is -2.53. The van der Waals surface area contributed by atoms with Crippen LogP contribution in [0.15, 0.2) is 63.6 Å². The summed E-state index contributed by atoms with van der Waals surface area (Å²) in [5, 5.41) is 0. The van der Waals surface area contributed by atoms with Crippen LogP contribution in [-0.4, -0.2) is 24.6 Å². The summed E-state index contributed by atoms with van der Waals surface area (Å²) < 4.78 is 5.89. The first kappa shape index (κ1) is 16.9. The van der Waals surface area contributed by atoms with E-state index in [1.807, 2.05) is 55.5 Å². The van der Waals surface area contributed by atoms with Crippen molar-refractivity contribution in [1.82, 2.24) is 0 Å². The molecule has 0 saturated carbocycles. The van der Waals surface area contributed by atoms with Gasteiger partial charge in [0, 0.05) is 32.8 Å². The number of hydrogen-bond acceptors (Lipinski definition) is 4. The topological polar surface area (TPSA) is 55.7 Å². The SMILES string of the molecule is COC(=O)C1C(C)=NC2=C(C(=O)c3ccccc32)[C@H]1c1ccccc1Br. The standard InChI is InChI=1S/C21H16BrNO3/c1-11-16(21(25)26-2)17(14-9-5-6-10-15(14)22)18-19(23-11)12-7-3-4-8-13(12)20(18)24/h3-10,16-17H,1-2H3/t16?,17-/m0/s1. The molecule has 0 radical (unpaired) electrons. The summed E-state index contributed by atoms with van der Waals surface area (Å²) in [6.07, 6.45) is 0. The number of esters is 1. The summed E-state index contributed by atoms with van der Waals surface area (Å²) in [5.41, 5.74) is 4.23. The molecule has 0 saturated heterocycles. The average molecular weight is 410 g/mol. The fourth-order valence-electron chi connectivity index (χ4n) is 3.84. The largest absolute Gasteiger partial charge is 0.468 e. The number of ether oxygens (including phenoxy) is 1. The van der Waals surface area contributed by atoms with Crippen molar-refractivity contribution in [3.63, 3.8) is 0 Å². The number of methoxy groups -OCH3 is 1. The second-order valence-electron chi connectivity index (χ2n) is 6.39. The molecule has 0 fully saturated rings. The van der Waals surface area contributed by atoms with Gasteiger partial charge in [0.05, 0.1) is 12.8 Å². The summed E-state index contributed by atoms with van der Waals surface area (Å²) in [6, 6.07) is 15.1. The number of hydrogen-bond donors (Lipinski definition) is 0. The van der Waals surface area contributed by atoms with Gasteiger partial charge in [0.25, 0.3) is 0 Å². The normalized spacial score (nSPS) is 21.2. The van der Waals surface area contributed by atoms with Crippen LogP contribution in [0.4, 0.5) is 0 Å². The molecule has 2 aliphatic rings. The first-order valence-corrected chi connectivity index (χ1v) is 9.09. The Labute approximate surface area is 159 Å². The maximum Gasteiger partial charge on any atom is 0.315 e. The summed E-state index contributed by atoms with van der Waals surface area (Å²) in [5.74, 6) is -1.52. The second-order valence-corrected chi connectivity index (χ2v) is 7.24. The van der Waals surface area contributed by atoms with E-state index in [0.29, 0.717) is 22.5 Å². The van der Waals surface area contributed by atoms with Gasteiger partial charge < -0.3 is 4.74 Å². The lowest BCUT2D eigenvalue weighted by atomic mass is 9.75. The molecule has 1 heterocycles. The molecule has 2 atom stereocenters. The van der Waals surface area contributed by atoms with Crippen molar-refractivity contribution in [3.05, 3.63) is 75.3 Å². The summed E-state index contributed by atoms with van der Waals surface area (Å²) in [7, 11) is 1.36. The smallest absolute Gasteiger partial charge is 0.315 e. The highest BCUT2D eigenvalue weighted by molar-refractivity contribution is 9.10. The molecular formula is C21H16BrNO3. The van der Waals surface area contributed by atoms with Gasteiger partial charge in [-0.1, -0.05) is 58.4 Å². The zero-order valence-corrected chi connectivity index (χ0v) is 15.9. The first-order chi connectivity index (χ1) is 12.5. The highest BCUT2D eigenvalue weighted by Crippen LogP contribution is 2.49. The zero-order valence-electron chi connectivity index (χ0n) is 14.3. The van der Waals surface area contributed by atoms with Crippen LogP contribution in [0, 0.1) is 5.92 Å². The average Bonchev–Trinajstić information content (AvgIpc) is 2.93. The highest BCUT2D eigenvalue weighted by atomic mass is 79.9. The molecule has 130 valence electrons. The Morgan fingerprint density at radius 3 is 2.42 bits per heavy atom. The molecule has 0 bridgehead atoms. The quantitative estimate of drug-likeness (QED) is 0.690. The number of ketones is 1. The van der Waals surface area contributed by atoms with Gasteiger partial charge in [-0.25, -0.2) is 0 Å². The Bertz CT molecular complexity index is 1010. The van der Waals surface area contributed by atoms with E-state index in [1.165, 1.54) is 7.11 Å². The molecule has 0 N–H and O–H groups in total. The molecular weight excluding hydrogens is 394 g/mol. The monoisotopic (exact) mass is 409 g/mol.